The first-order valence-corrected chi connectivity index (χ1v) is 7.78. The van der Waals surface area contributed by atoms with Gasteiger partial charge >= 0.3 is 5.97 Å². The number of nitrogens with zero attached hydrogens (tertiary/aromatic N) is 1. The van der Waals surface area contributed by atoms with Gasteiger partial charge in [-0.15, -0.1) is 0 Å². The van der Waals surface area contributed by atoms with Crippen LogP contribution in [0.3, 0.4) is 0 Å². The van der Waals surface area contributed by atoms with Crippen LogP contribution in [0.1, 0.15) is 29.8 Å². The lowest BCUT2D eigenvalue weighted by Crippen LogP contribution is -2.12. The SMILES string of the molecule is CCOc1cc(C#N)cc(Cl)c1OC(=O)c1cccc(NC(C)=O)c1. The fraction of sp³-hybridized carbons (Fsp3) is 0.167. The van der Waals surface area contributed by atoms with Gasteiger partial charge in [0.15, 0.2) is 11.5 Å². The van der Waals surface area contributed by atoms with E-state index in [0.29, 0.717) is 17.9 Å². The fourth-order valence-corrected chi connectivity index (χ4v) is 2.32. The molecule has 0 radical (unpaired) electrons. The molecule has 6 nitrogen and oxygen atoms in total. The first-order valence-electron chi connectivity index (χ1n) is 7.41. The van der Waals surface area contributed by atoms with Crippen molar-refractivity contribution < 1.29 is 19.1 Å². The van der Waals surface area contributed by atoms with Crippen LogP contribution in [0, 0.1) is 11.3 Å². The van der Waals surface area contributed by atoms with Crippen LogP contribution in [0.4, 0.5) is 5.69 Å². The largest absolute Gasteiger partial charge is 0.490 e. The normalized spacial score (nSPS) is 9.84. The zero-order valence-electron chi connectivity index (χ0n) is 13.6. The number of nitriles is 1. The van der Waals surface area contributed by atoms with Gasteiger partial charge in [0.05, 0.1) is 28.8 Å². The second-order valence-corrected chi connectivity index (χ2v) is 5.39. The number of esters is 1. The van der Waals surface area contributed by atoms with Crippen LogP contribution in [0.2, 0.25) is 5.02 Å². The van der Waals surface area contributed by atoms with E-state index in [1.54, 1.807) is 25.1 Å². The van der Waals surface area contributed by atoms with Crippen LogP contribution in [0.15, 0.2) is 36.4 Å². The van der Waals surface area contributed by atoms with Crippen LogP contribution >= 0.6 is 11.6 Å². The number of ether oxygens (including phenoxy) is 2. The minimum Gasteiger partial charge on any atom is -0.490 e. The van der Waals surface area contributed by atoms with E-state index in [9.17, 15) is 9.59 Å². The van der Waals surface area contributed by atoms with Crippen molar-refractivity contribution in [2.75, 3.05) is 11.9 Å². The standard InChI is InChI=1S/C18H15ClN2O4/c1-3-24-16-8-12(10-20)7-15(19)17(16)25-18(23)13-5-4-6-14(9-13)21-11(2)22/h4-9H,3H2,1-2H3,(H,21,22). The molecular formula is C18H15ClN2O4. The predicted octanol–water partition coefficient (Wildman–Crippen LogP) is 3.79. The molecule has 0 aliphatic carbocycles. The van der Waals surface area contributed by atoms with Gasteiger partial charge in [-0.1, -0.05) is 17.7 Å². The van der Waals surface area contributed by atoms with Crippen LogP contribution in [-0.2, 0) is 4.79 Å². The molecule has 0 atom stereocenters. The van der Waals surface area contributed by atoms with Crippen LogP contribution in [0.5, 0.6) is 11.5 Å². The zero-order chi connectivity index (χ0) is 18.4. The van der Waals surface area contributed by atoms with Crippen molar-refractivity contribution in [3.8, 4) is 17.6 Å². The number of carbonyl (C=O) groups is 2. The second kappa shape index (κ2) is 8.18. The van der Waals surface area contributed by atoms with Gasteiger partial charge in [0.2, 0.25) is 5.91 Å². The van der Waals surface area contributed by atoms with Gasteiger partial charge in [0.1, 0.15) is 0 Å². The van der Waals surface area contributed by atoms with Gasteiger partial charge in [-0.05, 0) is 31.2 Å². The van der Waals surface area contributed by atoms with Crippen LogP contribution < -0.4 is 14.8 Å². The van der Waals surface area contributed by atoms with Crippen LogP contribution in [0.25, 0.3) is 0 Å². The third-order valence-corrected chi connectivity index (χ3v) is 3.33. The van der Waals surface area contributed by atoms with E-state index in [0.717, 1.165) is 0 Å². The lowest BCUT2D eigenvalue weighted by molar-refractivity contribution is -0.114. The molecule has 0 aromatic heterocycles. The summed E-state index contributed by atoms with van der Waals surface area (Å²) in [7, 11) is 0. The van der Waals surface area contributed by atoms with Gasteiger partial charge in [-0.25, -0.2) is 4.79 Å². The highest BCUT2D eigenvalue weighted by atomic mass is 35.5. The summed E-state index contributed by atoms with van der Waals surface area (Å²) in [6.45, 7) is 3.44. The van der Waals surface area contributed by atoms with Gasteiger partial charge in [-0.2, -0.15) is 5.26 Å². The second-order valence-electron chi connectivity index (χ2n) is 4.98. The molecule has 0 aliphatic heterocycles. The van der Waals surface area contributed by atoms with Crippen molar-refractivity contribution in [3.63, 3.8) is 0 Å². The lowest BCUT2D eigenvalue weighted by atomic mass is 10.2. The summed E-state index contributed by atoms with van der Waals surface area (Å²) in [6.07, 6.45) is 0. The molecule has 0 aliphatic rings. The molecule has 2 aromatic rings. The van der Waals surface area contributed by atoms with E-state index in [-0.39, 0.29) is 28.0 Å². The van der Waals surface area contributed by atoms with Crippen LogP contribution in [-0.4, -0.2) is 18.5 Å². The Morgan fingerprint density at radius 2 is 2.04 bits per heavy atom. The van der Waals surface area contributed by atoms with E-state index in [1.165, 1.54) is 25.1 Å². The minimum atomic E-state index is -0.667. The van der Waals surface area contributed by atoms with Gasteiger partial charge in [-0.3, -0.25) is 4.79 Å². The minimum absolute atomic E-state index is 0.0393. The Kier molecular flexibility index (Phi) is 5.98. The molecule has 128 valence electrons. The summed E-state index contributed by atoms with van der Waals surface area (Å²) >= 11 is 6.12. The van der Waals surface area contributed by atoms with Crippen molar-refractivity contribution in [2.45, 2.75) is 13.8 Å². The third-order valence-electron chi connectivity index (χ3n) is 3.05. The van der Waals surface area contributed by atoms with Crippen molar-refractivity contribution in [1.29, 1.82) is 5.26 Å². The van der Waals surface area contributed by atoms with E-state index >= 15 is 0 Å². The van der Waals surface area contributed by atoms with Gasteiger partial charge in [0.25, 0.3) is 0 Å². The predicted molar refractivity (Wildman–Crippen MR) is 93.0 cm³/mol. The van der Waals surface area contributed by atoms with E-state index in [2.05, 4.69) is 5.32 Å². The molecule has 2 rings (SSSR count). The smallest absolute Gasteiger partial charge is 0.343 e. The molecular weight excluding hydrogens is 344 g/mol. The molecule has 1 N–H and O–H groups in total. The molecule has 25 heavy (non-hydrogen) atoms. The zero-order valence-corrected chi connectivity index (χ0v) is 14.4. The quantitative estimate of drug-likeness (QED) is 0.649. The number of hydrogen-bond acceptors (Lipinski definition) is 5. The Morgan fingerprint density at radius 1 is 1.28 bits per heavy atom. The number of carbonyl (C=O) groups excluding carboxylic acids is 2. The van der Waals surface area contributed by atoms with Crippen molar-refractivity contribution in [1.82, 2.24) is 0 Å². The maximum Gasteiger partial charge on any atom is 0.343 e. The first-order chi connectivity index (χ1) is 11.9. The Bertz CT molecular complexity index is 859. The number of hydrogen-bond donors (Lipinski definition) is 1. The van der Waals surface area contributed by atoms with E-state index in [1.807, 2.05) is 6.07 Å². The number of anilines is 1. The Labute approximate surface area is 149 Å². The monoisotopic (exact) mass is 358 g/mol. The molecule has 7 heteroatoms. The number of benzene rings is 2. The molecule has 0 fully saturated rings. The summed E-state index contributed by atoms with van der Waals surface area (Å²) in [6, 6.07) is 11.1. The molecule has 0 saturated carbocycles. The number of nitrogens with one attached hydrogen (secondary N) is 1. The molecule has 2 aromatic carbocycles. The number of halogens is 1. The highest BCUT2D eigenvalue weighted by Crippen LogP contribution is 2.37. The first kappa shape index (κ1) is 18.3. The molecule has 0 unspecified atom stereocenters. The van der Waals surface area contributed by atoms with Gasteiger partial charge in [0, 0.05) is 18.7 Å². The topological polar surface area (TPSA) is 88.4 Å². The average molecular weight is 359 g/mol. The lowest BCUT2D eigenvalue weighted by Gasteiger charge is -2.13. The maximum absolute atomic E-state index is 12.4. The Balaban J connectivity index is 2.31. The van der Waals surface area contributed by atoms with Crippen molar-refractivity contribution in [3.05, 3.63) is 52.5 Å². The summed E-state index contributed by atoms with van der Waals surface area (Å²) < 4.78 is 10.8. The molecule has 1 amide bonds. The highest BCUT2D eigenvalue weighted by Gasteiger charge is 2.18. The third kappa shape index (κ3) is 4.72. The summed E-state index contributed by atoms with van der Waals surface area (Å²) in [5.41, 5.74) is 0.993. The van der Waals surface area contributed by atoms with E-state index < -0.39 is 5.97 Å². The molecule has 0 bridgehead atoms. The Hall–Kier alpha value is -3.04. The van der Waals surface area contributed by atoms with E-state index in [4.69, 9.17) is 26.3 Å². The summed E-state index contributed by atoms with van der Waals surface area (Å²) in [5.74, 6) is -0.672. The molecule has 0 saturated heterocycles. The Morgan fingerprint density at radius 3 is 2.68 bits per heavy atom. The highest BCUT2D eigenvalue weighted by molar-refractivity contribution is 6.32. The summed E-state index contributed by atoms with van der Waals surface area (Å²) in [4.78, 5) is 23.5. The van der Waals surface area contributed by atoms with Crippen molar-refractivity contribution in [2.24, 2.45) is 0 Å². The molecule has 0 spiro atoms. The fourth-order valence-electron chi connectivity index (χ4n) is 2.07. The number of amides is 1. The van der Waals surface area contributed by atoms with Gasteiger partial charge < -0.3 is 14.8 Å². The average Bonchev–Trinajstić information content (AvgIpc) is 2.57. The summed E-state index contributed by atoms with van der Waals surface area (Å²) in [5, 5.41) is 11.7. The van der Waals surface area contributed by atoms with Crippen molar-refractivity contribution >= 4 is 29.2 Å². The molecule has 0 heterocycles. The number of rotatable bonds is 5. The maximum atomic E-state index is 12.4.